The van der Waals surface area contributed by atoms with E-state index in [4.69, 9.17) is 4.43 Å². The maximum absolute atomic E-state index is 9.49. The van der Waals surface area contributed by atoms with Gasteiger partial charge in [0.05, 0.1) is 0 Å². The number of rotatable bonds is 7. The average Bonchev–Trinajstić information content (AvgIpc) is 2.22. The van der Waals surface area contributed by atoms with Gasteiger partial charge in [-0.2, -0.15) is 0 Å². The summed E-state index contributed by atoms with van der Waals surface area (Å²) in [7, 11) is -1.67. The summed E-state index contributed by atoms with van der Waals surface area (Å²) in [4.78, 5) is 0. The first-order valence-corrected chi connectivity index (χ1v) is 9.85. The van der Waals surface area contributed by atoms with Crippen LogP contribution < -0.4 is 0 Å². The Morgan fingerprint density at radius 1 is 1.06 bits per heavy atom. The predicted octanol–water partition coefficient (Wildman–Crippen LogP) is 4.05. The molecule has 0 aliphatic carbocycles. The molecule has 0 fully saturated rings. The molecular weight excluding hydrogens is 228 g/mol. The highest BCUT2D eigenvalue weighted by molar-refractivity contribution is 6.74. The molecule has 3 heteroatoms. The first-order chi connectivity index (χ1) is 7.69. The molecule has 0 aromatic carbocycles. The zero-order valence-corrected chi connectivity index (χ0v) is 13.8. The van der Waals surface area contributed by atoms with Crippen LogP contribution in [0.1, 0.15) is 47.5 Å². The molecule has 2 nitrogen and oxygen atoms in total. The van der Waals surface area contributed by atoms with E-state index in [1.807, 2.05) is 0 Å². The summed E-state index contributed by atoms with van der Waals surface area (Å²) in [5.41, 5.74) is 0. The normalized spacial score (nSPS) is 15.4. The van der Waals surface area contributed by atoms with Gasteiger partial charge in [0.2, 0.25) is 0 Å². The Kier molecular flexibility index (Phi) is 6.96. The van der Waals surface area contributed by atoms with Crippen LogP contribution >= 0.6 is 0 Å². The lowest BCUT2D eigenvalue weighted by molar-refractivity contribution is 0.106. The summed E-state index contributed by atoms with van der Waals surface area (Å²) in [6, 6.07) is 0. The van der Waals surface area contributed by atoms with Crippen molar-refractivity contribution in [2.75, 3.05) is 13.2 Å². The van der Waals surface area contributed by atoms with E-state index in [9.17, 15) is 5.11 Å². The van der Waals surface area contributed by atoms with E-state index in [1.165, 1.54) is 0 Å². The molecular formula is C14H32O2Si. The SMILES string of the molecule is CCC(CC)C(CO)CO[Si](C)(C)C(C)(C)C. The van der Waals surface area contributed by atoms with Gasteiger partial charge in [0.25, 0.3) is 0 Å². The highest BCUT2D eigenvalue weighted by Gasteiger charge is 2.37. The van der Waals surface area contributed by atoms with Crippen molar-refractivity contribution in [2.24, 2.45) is 11.8 Å². The Bertz CT molecular complexity index is 205. The van der Waals surface area contributed by atoms with Gasteiger partial charge in [0.1, 0.15) is 0 Å². The van der Waals surface area contributed by atoms with Gasteiger partial charge < -0.3 is 9.53 Å². The van der Waals surface area contributed by atoms with Crippen LogP contribution in [0.4, 0.5) is 0 Å². The molecule has 0 heterocycles. The quantitative estimate of drug-likeness (QED) is 0.700. The van der Waals surface area contributed by atoms with Crippen LogP contribution in [0.25, 0.3) is 0 Å². The van der Waals surface area contributed by atoms with Crippen LogP contribution in [0, 0.1) is 11.8 Å². The third-order valence-corrected chi connectivity index (χ3v) is 8.92. The van der Waals surface area contributed by atoms with Gasteiger partial charge in [0.15, 0.2) is 8.32 Å². The molecule has 0 saturated carbocycles. The van der Waals surface area contributed by atoms with Crippen molar-refractivity contribution in [3.63, 3.8) is 0 Å². The Hall–Kier alpha value is 0.137. The molecule has 0 amide bonds. The van der Waals surface area contributed by atoms with E-state index in [0.717, 1.165) is 19.4 Å². The molecule has 1 N–H and O–H groups in total. The number of aliphatic hydroxyl groups excluding tert-OH is 1. The maximum atomic E-state index is 9.49. The fourth-order valence-electron chi connectivity index (χ4n) is 1.83. The standard InChI is InChI=1S/C14H32O2Si/c1-8-12(9-2)13(10-15)11-16-17(6,7)14(3,4)5/h12-13,15H,8-11H2,1-7H3. The molecule has 0 aromatic heterocycles. The van der Waals surface area contributed by atoms with Crippen LogP contribution in [-0.2, 0) is 4.43 Å². The highest BCUT2D eigenvalue weighted by Crippen LogP contribution is 2.37. The van der Waals surface area contributed by atoms with E-state index < -0.39 is 8.32 Å². The minimum absolute atomic E-state index is 0.251. The molecule has 0 aromatic rings. The molecule has 0 bridgehead atoms. The van der Waals surface area contributed by atoms with E-state index in [-0.39, 0.29) is 11.6 Å². The summed E-state index contributed by atoms with van der Waals surface area (Å²) >= 11 is 0. The zero-order valence-electron chi connectivity index (χ0n) is 12.8. The van der Waals surface area contributed by atoms with Gasteiger partial charge in [-0.25, -0.2) is 0 Å². The summed E-state index contributed by atoms with van der Waals surface area (Å²) in [6.07, 6.45) is 2.26. The van der Waals surface area contributed by atoms with Crippen molar-refractivity contribution in [3.05, 3.63) is 0 Å². The van der Waals surface area contributed by atoms with Crippen molar-refractivity contribution in [2.45, 2.75) is 65.6 Å². The van der Waals surface area contributed by atoms with Crippen molar-refractivity contribution in [1.82, 2.24) is 0 Å². The maximum Gasteiger partial charge on any atom is 0.191 e. The van der Waals surface area contributed by atoms with Crippen molar-refractivity contribution >= 4 is 8.32 Å². The molecule has 0 aliphatic heterocycles. The molecule has 0 spiro atoms. The van der Waals surface area contributed by atoms with Crippen molar-refractivity contribution < 1.29 is 9.53 Å². The van der Waals surface area contributed by atoms with Gasteiger partial charge in [-0.1, -0.05) is 47.5 Å². The second-order valence-corrected chi connectivity index (χ2v) is 11.4. The van der Waals surface area contributed by atoms with E-state index in [0.29, 0.717) is 11.8 Å². The zero-order chi connectivity index (χ0) is 13.7. The highest BCUT2D eigenvalue weighted by atomic mass is 28.4. The predicted molar refractivity (Wildman–Crippen MR) is 77.8 cm³/mol. The van der Waals surface area contributed by atoms with Gasteiger partial charge in [0, 0.05) is 19.1 Å². The van der Waals surface area contributed by atoms with E-state index >= 15 is 0 Å². The average molecular weight is 260 g/mol. The Morgan fingerprint density at radius 2 is 1.53 bits per heavy atom. The van der Waals surface area contributed by atoms with Crippen molar-refractivity contribution in [3.8, 4) is 0 Å². The summed E-state index contributed by atoms with van der Waals surface area (Å²) in [6.45, 7) is 16.7. The van der Waals surface area contributed by atoms with E-state index in [2.05, 4.69) is 47.7 Å². The fraction of sp³-hybridized carbons (Fsp3) is 1.00. The largest absolute Gasteiger partial charge is 0.416 e. The molecule has 104 valence electrons. The number of hydrogen-bond donors (Lipinski definition) is 1. The van der Waals surface area contributed by atoms with E-state index in [1.54, 1.807) is 0 Å². The summed E-state index contributed by atoms with van der Waals surface area (Å²) < 4.78 is 6.21. The van der Waals surface area contributed by atoms with Crippen LogP contribution in [0.3, 0.4) is 0 Å². The van der Waals surface area contributed by atoms with Gasteiger partial charge >= 0.3 is 0 Å². The lowest BCUT2D eigenvalue weighted by Gasteiger charge is -2.38. The Morgan fingerprint density at radius 3 is 1.82 bits per heavy atom. The fourth-order valence-corrected chi connectivity index (χ4v) is 2.89. The molecule has 0 radical (unpaired) electrons. The summed E-state index contributed by atoms with van der Waals surface area (Å²) in [5, 5.41) is 9.74. The van der Waals surface area contributed by atoms with Crippen LogP contribution in [0.5, 0.6) is 0 Å². The van der Waals surface area contributed by atoms with Crippen LogP contribution in [-0.4, -0.2) is 26.6 Å². The minimum Gasteiger partial charge on any atom is -0.416 e. The van der Waals surface area contributed by atoms with Gasteiger partial charge in [-0.3, -0.25) is 0 Å². The van der Waals surface area contributed by atoms with Gasteiger partial charge in [-0.05, 0) is 24.1 Å². The number of hydrogen-bond acceptors (Lipinski definition) is 2. The minimum atomic E-state index is -1.67. The van der Waals surface area contributed by atoms with Crippen LogP contribution in [0.2, 0.25) is 18.1 Å². The first kappa shape index (κ1) is 17.1. The molecule has 0 saturated heterocycles. The molecule has 17 heavy (non-hydrogen) atoms. The third kappa shape index (κ3) is 5.10. The lowest BCUT2D eigenvalue weighted by atomic mass is 9.89. The van der Waals surface area contributed by atoms with Gasteiger partial charge in [-0.15, -0.1) is 0 Å². The number of aliphatic hydroxyl groups is 1. The Balaban J connectivity index is 4.42. The molecule has 0 rings (SSSR count). The molecule has 1 atom stereocenters. The molecule has 1 unspecified atom stereocenters. The summed E-state index contributed by atoms with van der Waals surface area (Å²) in [5.74, 6) is 0.892. The first-order valence-electron chi connectivity index (χ1n) is 6.94. The second kappa shape index (κ2) is 6.91. The van der Waals surface area contributed by atoms with Crippen molar-refractivity contribution in [1.29, 1.82) is 0 Å². The Labute approximate surface area is 109 Å². The third-order valence-electron chi connectivity index (χ3n) is 4.41. The lowest BCUT2D eigenvalue weighted by Crippen LogP contribution is -2.43. The molecule has 0 aliphatic rings. The smallest absolute Gasteiger partial charge is 0.191 e. The van der Waals surface area contributed by atoms with Crippen LogP contribution in [0.15, 0.2) is 0 Å². The second-order valence-electron chi connectivity index (χ2n) is 6.59. The monoisotopic (exact) mass is 260 g/mol. The topological polar surface area (TPSA) is 29.5 Å².